The maximum absolute atomic E-state index is 12.2. The van der Waals surface area contributed by atoms with Gasteiger partial charge in [0.05, 0.1) is 12.5 Å². The van der Waals surface area contributed by atoms with E-state index in [1.54, 1.807) is 6.07 Å². The van der Waals surface area contributed by atoms with E-state index in [0.717, 1.165) is 11.1 Å². The fourth-order valence-electron chi connectivity index (χ4n) is 2.63. The third-order valence-corrected chi connectivity index (χ3v) is 4.40. The second kappa shape index (κ2) is 6.97. The SMILES string of the molecule is Cc1cc(C)c([C@H](C)NC(=O)Cc2ccccc2Cl)cc1C. The molecular weight excluding hydrogens is 294 g/mol. The molecule has 0 aliphatic rings. The van der Waals surface area contributed by atoms with E-state index in [1.165, 1.54) is 16.7 Å². The van der Waals surface area contributed by atoms with Crippen LogP contribution in [0.5, 0.6) is 0 Å². The van der Waals surface area contributed by atoms with E-state index < -0.39 is 0 Å². The molecule has 0 aromatic heterocycles. The van der Waals surface area contributed by atoms with Crippen LogP contribution in [0, 0.1) is 20.8 Å². The summed E-state index contributed by atoms with van der Waals surface area (Å²) in [5.41, 5.74) is 5.73. The van der Waals surface area contributed by atoms with E-state index in [0.29, 0.717) is 11.4 Å². The Kier molecular flexibility index (Phi) is 5.25. The van der Waals surface area contributed by atoms with Crippen LogP contribution in [0.25, 0.3) is 0 Å². The van der Waals surface area contributed by atoms with Gasteiger partial charge in [-0.2, -0.15) is 0 Å². The molecule has 0 bridgehead atoms. The Balaban J connectivity index is 2.09. The van der Waals surface area contributed by atoms with E-state index in [9.17, 15) is 4.79 Å². The lowest BCUT2D eigenvalue weighted by atomic mass is 9.96. The van der Waals surface area contributed by atoms with Gasteiger partial charge in [0.25, 0.3) is 0 Å². The number of amides is 1. The minimum absolute atomic E-state index is 0.0155. The number of benzene rings is 2. The van der Waals surface area contributed by atoms with Crippen LogP contribution < -0.4 is 5.32 Å². The molecule has 1 atom stereocenters. The van der Waals surface area contributed by atoms with Gasteiger partial charge in [0.15, 0.2) is 0 Å². The molecule has 22 heavy (non-hydrogen) atoms. The van der Waals surface area contributed by atoms with E-state index in [2.05, 4.69) is 38.2 Å². The summed E-state index contributed by atoms with van der Waals surface area (Å²) in [7, 11) is 0. The predicted molar refractivity (Wildman–Crippen MR) is 92.4 cm³/mol. The molecule has 2 aromatic rings. The standard InChI is InChI=1S/C19H22ClNO/c1-12-9-14(3)17(10-13(12)2)15(4)21-19(22)11-16-7-5-6-8-18(16)20/h5-10,15H,11H2,1-4H3,(H,21,22)/t15-/m0/s1. The van der Waals surface area contributed by atoms with E-state index in [4.69, 9.17) is 11.6 Å². The Morgan fingerprint density at radius 2 is 1.73 bits per heavy atom. The number of aryl methyl sites for hydroxylation is 3. The zero-order valence-electron chi connectivity index (χ0n) is 13.5. The molecule has 0 fully saturated rings. The largest absolute Gasteiger partial charge is 0.349 e. The Labute approximate surface area is 137 Å². The number of halogens is 1. The van der Waals surface area contributed by atoms with Crippen molar-refractivity contribution in [2.45, 2.75) is 40.2 Å². The summed E-state index contributed by atoms with van der Waals surface area (Å²) in [6, 6.07) is 11.8. The van der Waals surface area contributed by atoms with Crippen LogP contribution >= 0.6 is 11.6 Å². The molecular formula is C19H22ClNO. The highest BCUT2D eigenvalue weighted by atomic mass is 35.5. The lowest BCUT2D eigenvalue weighted by Crippen LogP contribution is -2.28. The average molecular weight is 316 g/mol. The van der Waals surface area contributed by atoms with E-state index in [1.807, 2.05) is 25.1 Å². The van der Waals surface area contributed by atoms with Gasteiger partial charge >= 0.3 is 0 Å². The van der Waals surface area contributed by atoms with Gasteiger partial charge in [0.2, 0.25) is 5.91 Å². The number of carbonyl (C=O) groups excluding carboxylic acids is 1. The smallest absolute Gasteiger partial charge is 0.224 e. The number of carbonyl (C=O) groups is 1. The summed E-state index contributed by atoms with van der Waals surface area (Å²) in [5.74, 6) is -0.0155. The summed E-state index contributed by atoms with van der Waals surface area (Å²) in [6.45, 7) is 8.30. The normalized spacial score (nSPS) is 12.0. The lowest BCUT2D eigenvalue weighted by Gasteiger charge is -2.18. The molecule has 0 radical (unpaired) electrons. The van der Waals surface area contributed by atoms with Crippen molar-refractivity contribution in [3.8, 4) is 0 Å². The quantitative estimate of drug-likeness (QED) is 0.871. The van der Waals surface area contributed by atoms with Crippen molar-refractivity contribution in [2.24, 2.45) is 0 Å². The predicted octanol–water partition coefficient (Wildman–Crippen LogP) is 4.69. The van der Waals surface area contributed by atoms with Crippen molar-refractivity contribution in [1.29, 1.82) is 0 Å². The topological polar surface area (TPSA) is 29.1 Å². The molecule has 0 heterocycles. The minimum Gasteiger partial charge on any atom is -0.349 e. The highest BCUT2D eigenvalue weighted by molar-refractivity contribution is 6.31. The molecule has 0 unspecified atom stereocenters. The van der Waals surface area contributed by atoms with Gasteiger partial charge in [-0.05, 0) is 61.6 Å². The number of hydrogen-bond acceptors (Lipinski definition) is 1. The van der Waals surface area contributed by atoms with Gasteiger partial charge in [0, 0.05) is 5.02 Å². The van der Waals surface area contributed by atoms with E-state index >= 15 is 0 Å². The number of nitrogens with one attached hydrogen (secondary N) is 1. The van der Waals surface area contributed by atoms with E-state index in [-0.39, 0.29) is 11.9 Å². The first kappa shape index (κ1) is 16.6. The van der Waals surface area contributed by atoms with Gasteiger partial charge in [-0.25, -0.2) is 0 Å². The van der Waals surface area contributed by atoms with Crippen LogP contribution in [0.15, 0.2) is 36.4 Å². The maximum atomic E-state index is 12.2. The van der Waals surface area contributed by atoms with Crippen molar-refractivity contribution in [3.63, 3.8) is 0 Å². The van der Waals surface area contributed by atoms with Crippen LogP contribution in [0.3, 0.4) is 0 Å². The van der Waals surface area contributed by atoms with Crippen molar-refractivity contribution < 1.29 is 4.79 Å². The molecule has 0 aliphatic carbocycles. The van der Waals surface area contributed by atoms with Crippen LogP contribution in [-0.2, 0) is 11.2 Å². The summed E-state index contributed by atoms with van der Waals surface area (Å²) in [5, 5.41) is 3.69. The molecule has 1 N–H and O–H groups in total. The first-order valence-electron chi connectivity index (χ1n) is 7.49. The zero-order valence-corrected chi connectivity index (χ0v) is 14.3. The first-order valence-corrected chi connectivity index (χ1v) is 7.86. The van der Waals surface area contributed by atoms with Crippen molar-refractivity contribution >= 4 is 17.5 Å². The lowest BCUT2D eigenvalue weighted by molar-refractivity contribution is -0.121. The summed E-state index contributed by atoms with van der Waals surface area (Å²) in [4.78, 5) is 12.2. The second-order valence-electron chi connectivity index (χ2n) is 5.85. The van der Waals surface area contributed by atoms with Crippen molar-refractivity contribution in [1.82, 2.24) is 5.32 Å². The molecule has 0 saturated carbocycles. The highest BCUT2D eigenvalue weighted by Gasteiger charge is 2.14. The average Bonchev–Trinajstić information content (AvgIpc) is 2.45. The highest BCUT2D eigenvalue weighted by Crippen LogP contribution is 2.22. The van der Waals surface area contributed by atoms with Gasteiger partial charge < -0.3 is 5.32 Å². The van der Waals surface area contributed by atoms with Gasteiger partial charge in [-0.1, -0.05) is 41.9 Å². The third kappa shape index (κ3) is 3.89. The van der Waals surface area contributed by atoms with Gasteiger partial charge in [-0.3, -0.25) is 4.79 Å². The molecule has 2 aromatic carbocycles. The summed E-state index contributed by atoms with van der Waals surface area (Å²) in [6.07, 6.45) is 0.300. The summed E-state index contributed by atoms with van der Waals surface area (Å²) < 4.78 is 0. The molecule has 1 amide bonds. The monoisotopic (exact) mass is 315 g/mol. The molecule has 0 aliphatic heterocycles. The fourth-order valence-corrected chi connectivity index (χ4v) is 2.84. The molecule has 0 saturated heterocycles. The van der Waals surface area contributed by atoms with Crippen LogP contribution in [-0.4, -0.2) is 5.91 Å². The maximum Gasteiger partial charge on any atom is 0.224 e. The van der Waals surface area contributed by atoms with Crippen molar-refractivity contribution in [2.75, 3.05) is 0 Å². The molecule has 3 heteroatoms. The molecule has 2 rings (SSSR count). The van der Waals surface area contributed by atoms with Gasteiger partial charge in [0.1, 0.15) is 0 Å². The molecule has 116 valence electrons. The zero-order chi connectivity index (χ0) is 16.3. The molecule has 2 nitrogen and oxygen atoms in total. The van der Waals surface area contributed by atoms with Crippen LogP contribution in [0.4, 0.5) is 0 Å². The number of rotatable bonds is 4. The third-order valence-electron chi connectivity index (χ3n) is 4.04. The Bertz CT molecular complexity index is 694. The van der Waals surface area contributed by atoms with Crippen LogP contribution in [0.2, 0.25) is 5.02 Å². The Morgan fingerprint density at radius 1 is 1.09 bits per heavy atom. The second-order valence-corrected chi connectivity index (χ2v) is 6.26. The Hall–Kier alpha value is -1.80. The minimum atomic E-state index is -0.0192. The van der Waals surface area contributed by atoms with Crippen molar-refractivity contribution in [3.05, 3.63) is 69.2 Å². The first-order chi connectivity index (χ1) is 10.4. The summed E-state index contributed by atoms with van der Waals surface area (Å²) >= 11 is 6.11. The fraction of sp³-hybridized carbons (Fsp3) is 0.316. The van der Waals surface area contributed by atoms with Crippen LogP contribution in [0.1, 0.15) is 40.8 Å². The Morgan fingerprint density at radius 3 is 2.41 bits per heavy atom. The molecule has 0 spiro atoms. The number of hydrogen-bond donors (Lipinski definition) is 1. The van der Waals surface area contributed by atoms with Gasteiger partial charge in [-0.15, -0.1) is 0 Å².